The first kappa shape index (κ1) is 10.7. The zero-order valence-electron chi connectivity index (χ0n) is 10.1. The maximum absolute atomic E-state index is 2.28. The number of anilines is 1. The van der Waals surface area contributed by atoms with Crippen LogP contribution in [0.15, 0.2) is 64.1 Å². The lowest BCUT2D eigenvalue weighted by molar-refractivity contribution is 0.940. The van der Waals surface area contributed by atoms with Crippen LogP contribution in [0.3, 0.4) is 0 Å². The summed E-state index contributed by atoms with van der Waals surface area (Å²) in [5.74, 6) is 0.512. The van der Waals surface area contributed by atoms with E-state index in [0.717, 1.165) is 0 Å². The van der Waals surface area contributed by atoms with Gasteiger partial charge < -0.3 is 4.90 Å². The molecule has 17 heavy (non-hydrogen) atoms. The zero-order chi connectivity index (χ0) is 11.8. The Hall–Kier alpha value is -1.41. The van der Waals surface area contributed by atoms with Crippen molar-refractivity contribution in [2.24, 2.45) is 5.92 Å². The highest BCUT2D eigenvalue weighted by atomic mass is 32.2. The van der Waals surface area contributed by atoms with Crippen LogP contribution in [0.4, 0.5) is 5.69 Å². The molecule has 0 saturated carbocycles. The normalized spacial score (nSPS) is 22.2. The molecule has 2 aliphatic rings. The fourth-order valence-corrected chi connectivity index (χ4v) is 3.30. The van der Waals surface area contributed by atoms with Gasteiger partial charge in [0.1, 0.15) is 0 Å². The van der Waals surface area contributed by atoms with Gasteiger partial charge in [-0.05, 0) is 30.2 Å². The molecule has 1 aromatic rings. The number of likely N-dealkylation sites (N-methyl/N-ethyl adjacent to an activating group) is 1. The van der Waals surface area contributed by atoms with E-state index in [2.05, 4.69) is 67.4 Å². The summed E-state index contributed by atoms with van der Waals surface area (Å²) in [4.78, 5) is 4.95. The molecule has 2 heteroatoms. The van der Waals surface area contributed by atoms with Crippen LogP contribution in [0.1, 0.15) is 6.92 Å². The predicted molar refractivity (Wildman–Crippen MR) is 75.2 cm³/mol. The molecular formula is C15H15NS. The number of hydrogen-bond acceptors (Lipinski definition) is 2. The molecule has 1 aliphatic heterocycles. The van der Waals surface area contributed by atoms with Gasteiger partial charge in [0.15, 0.2) is 0 Å². The minimum atomic E-state index is 0.512. The molecule has 0 aromatic heterocycles. The van der Waals surface area contributed by atoms with E-state index in [1.165, 1.54) is 21.2 Å². The van der Waals surface area contributed by atoms with Gasteiger partial charge in [-0.2, -0.15) is 0 Å². The van der Waals surface area contributed by atoms with E-state index < -0.39 is 0 Å². The summed E-state index contributed by atoms with van der Waals surface area (Å²) in [6.45, 7) is 2.21. The number of nitrogens with zero attached hydrogens (tertiary/aromatic N) is 1. The highest BCUT2D eigenvalue weighted by Gasteiger charge is 2.21. The van der Waals surface area contributed by atoms with E-state index in [9.17, 15) is 0 Å². The SMILES string of the molecule is C[C@@H]1C=CC2=C(C=C1)N(C)c1ccccc1S2. The monoisotopic (exact) mass is 241 g/mol. The third-order valence-corrected chi connectivity index (χ3v) is 4.30. The molecule has 0 unspecified atom stereocenters. The van der Waals surface area contributed by atoms with Gasteiger partial charge >= 0.3 is 0 Å². The number of allylic oxidation sites excluding steroid dienone is 4. The second-order valence-corrected chi connectivity index (χ2v) is 5.54. The van der Waals surface area contributed by atoms with Crippen LogP contribution in [-0.2, 0) is 0 Å². The van der Waals surface area contributed by atoms with Crippen LogP contribution in [-0.4, -0.2) is 7.05 Å². The highest BCUT2D eigenvalue weighted by Crippen LogP contribution is 2.44. The number of para-hydroxylation sites is 1. The van der Waals surface area contributed by atoms with Crippen molar-refractivity contribution >= 4 is 17.4 Å². The summed E-state index contributed by atoms with van der Waals surface area (Å²) in [5.41, 5.74) is 2.60. The van der Waals surface area contributed by atoms with E-state index >= 15 is 0 Å². The van der Waals surface area contributed by atoms with Crippen molar-refractivity contribution in [3.05, 3.63) is 59.2 Å². The Balaban J connectivity index is 2.10. The molecule has 3 rings (SSSR count). The Morgan fingerprint density at radius 2 is 1.88 bits per heavy atom. The number of benzene rings is 1. The van der Waals surface area contributed by atoms with E-state index in [1.807, 2.05) is 11.8 Å². The zero-order valence-corrected chi connectivity index (χ0v) is 10.9. The second kappa shape index (κ2) is 4.11. The molecule has 0 fully saturated rings. The van der Waals surface area contributed by atoms with Gasteiger partial charge in [-0.25, -0.2) is 0 Å². The van der Waals surface area contributed by atoms with Gasteiger partial charge in [0, 0.05) is 16.8 Å². The molecular weight excluding hydrogens is 226 g/mol. The summed E-state index contributed by atoms with van der Waals surface area (Å²) in [6.07, 6.45) is 9.00. The van der Waals surface area contributed by atoms with Crippen molar-refractivity contribution in [2.75, 3.05) is 11.9 Å². The highest BCUT2D eigenvalue weighted by molar-refractivity contribution is 8.03. The molecule has 1 heterocycles. The van der Waals surface area contributed by atoms with Crippen molar-refractivity contribution in [1.82, 2.24) is 0 Å². The van der Waals surface area contributed by atoms with Gasteiger partial charge in [-0.15, -0.1) is 0 Å². The Morgan fingerprint density at radius 3 is 2.76 bits per heavy atom. The average molecular weight is 241 g/mol. The lowest BCUT2D eigenvalue weighted by Gasteiger charge is -2.29. The van der Waals surface area contributed by atoms with E-state index in [4.69, 9.17) is 0 Å². The quantitative estimate of drug-likeness (QED) is 0.669. The minimum Gasteiger partial charge on any atom is -0.343 e. The molecule has 0 N–H and O–H groups in total. The van der Waals surface area contributed by atoms with E-state index in [1.54, 1.807) is 0 Å². The van der Waals surface area contributed by atoms with Crippen molar-refractivity contribution in [3.8, 4) is 0 Å². The lowest BCUT2D eigenvalue weighted by Crippen LogP contribution is -2.19. The van der Waals surface area contributed by atoms with Crippen LogP contribution in [0.5, 0.6) is 0 Å². The molecule has 0 amide bonds. The van der Waals surface area contributed by atoms with Crippen LogP contribution in [0, 0.1) is 5.92 Å². The topological polar surface area (TPSA) is 3.24 Å². The first-order valence-electron chi connectivity index (χ1n) is 5.87. The van der Waals surface area contributed by atoms with Crippen molar-refractivity contribution in [1.29, 1.82) is 0 Å². The summed E-state index contributed by atoms with van der Waals surface area (Å²) < 4.78 is 0. The Labute approximate surface area is 107 Å². The largest absolute Gasteiger partial charge is 0.343 e. The first-order chi connectivity index (χ1) is 8.25. The first-order valence-corrected chi connectivity index (χ1v) is 6.68. The average Bonchev–Trinajstić information content (AvgIpc) is 2.53. The molecule has 0 saturated heterocycles. The standard InChI is InChI=1S/C15H15NS/c1-11-7-9-13-15(10-8-11)17-14-6-4-3-5-12(14)16(13)2/h3-11H,1-2H3/t11-/m0/s1. The molecule has 1 atom stereocenters. The van der Waals surface area contributed by atoms with Crippen LogP contribution in [0.25, 0.3) is 0 Å². The molecule has 0 bridgehead atoms. The fraction of sp³-hybridized carbons (Fsp3) is 0.200. The third kappa shape index (κ3) is 1.83. The third-order valence-electron chi connectivity index (χ3n) is 3.17. The van der Waals surface area contributed by atoms with Crippen molar-refractivity contribution in [2.45, 2.75) is 11.8 Å². The van der Waals surface area contributed by atoms with Gasteiger partial charge in [-0.3, -0.25) is 0 Å². The molecule has 86 valence electrons. The lowest BCUT2D eigenvalue weighted by atomic mass is 10.1. The molecule has 1 aromatic carbocycles. The van der Waals surface area contributed by atoms with Gasteiger partial charge in [0.2, 0.25) is 0 Å². The Kier molecular flexibility index (Phi) is 2.60. The fourth-order valence-electron chi connectivity index (χ4n) is 2.15. The Bertz CT molecular complexity index is 540. The second-order valence-electron chi connectivity index (χ2n) is 4.46. The molecule has 0 spiro atoms. The maximum Gasteiger partial charge on any atom is 0.0550 e. The number of hydrogen-bond donors (Lipinski definition) is 0. The summed E-state index contributed by atoms with van der Waals surface area (Å²) in [5, 5.41) is 0. The van der Waals surface area contributed by atoms with E-state index in [0.29, 0.717) is 5.92 Å². The van der Waals surface area contributed by atoms with Crippen LogP contribution < -0.4 is 4.90 Å². The number of thioether (sulfide) groups is 1. The number of rotatable bonds is 0. The van der Waals surface area contributed by atoms with Crippen LogP contribution in [0.2, 0.25) is 0 Å². The smallest absolute Gasteiger partial charge is 0.0550 e. The number of fused-ring (bicyclic) bond motifs is 1. The van der Waals surface area contributed by atoms with Gasteiger partial charge in [0.25, 0.3) is 0 Å². The Morgan fingerprint density at radius 1 is 1.12 bits per heavy atom. The summed E-state index contributed by atoms with van der Waals surface area (Å²) in [7, 11) is 2.14. The molecule has 0 radical (unpaired) electrons. The molecule has 1 nitrogen and oxygen atoms in total. The van der Waals surface area contributed by atoms with Crippen molar-refractivity contribution < 1.29 is 0 Å². The summed E-state index contributed by atoms with van der Waals surface area (Å²) >= 11 is 1.86. The van der Waals surface area contributed by atoms with Gasteiger partial charge in [0.05, 0.1) is 11.4 Å². The predicted octanol–water partition coefficient (Wildman–Crippen LogP) is 4.20. The van der Waals surface area contributed by atoms with Crippen LogP contribution >= 0.6 is 11.8 Å². The van der Waals surface area contributed by atoms with E-state index in [-0.39, 0.29) is 0 Å². The minimum absolute atomic E-state index is 0.512. The molecule has 1 aliphatic carbocycles. The van der Waals surface area contributed by atoms with Crippen molar-refractivity contribution in [3.63, 3.8) is 0 Å². The van der Waals surface area contributed by atoms with Gasteiger partial charge in [-0.1, -0.05) is 43.0 Å². The summed E-state index contributed by atoms with van der Waals surface area (Å²) in [6, 6.07) is 8.56. The maximum atomic E-state index is 2.28.